The van der Waals surface area contributed by atoms with Gasteiger partial charge in [0.2, 0.25) is 0 Å². The van der Waals surface area contributed by atoms with Crippen molar-refractivity contribution in [3.63, 3.8) is 0 Å². The van der Waals surface area contributed by atoms with Gasteiger partial charge in [0, 0.05) is 12.7 Å². The van der Waals surface area contributed by atoms with Gasteiger partial charge < -0.3 is 10.1 Å². The first-order valence-corrected chi connectivity index (χ1v) is 14.3. The Labute approximate surface area is 233 Å². The number of aromatic nitrogens is 2. The van der Waals surface area contributed by atoms with Gasteiger partial charge in [-0.1, -0.05) is 81.2 Å². The Morgan fingerprint density at radius 2 is 1.82 bits per heavy atom. The maximum Gasteiger partial charge on any atom is 0.267 e. The first-order valence-electron chi connectivity index (χ1n) is 13.1. The van der Waals surface area contributed by atoms with Gasteiger partial charge in [0.25, 0.3) is 11.5 Å². The number of hydrogen-bond acceptors (Lipinski definition) is 7. The Kier molecular flexibility index (Phi) is 9.58. The lowest BCUT2D eigenvalue weighted by Gasteiger charge is -2.15. The molecule has 0 bridgehead atoms. The number of pyridine rings is 1. The summed E-state index contributed by atoms with van der Waals surface area (Å²) in [5.74, 6) is 1.03. The van der Waals surface area contributed by atoms with E-state index in [0.717, 1.165) is 29.7 Å². The highest BCUT2D eigenvalue weighted by Gasteiger charge is 2.32. The normalized spacial score (nSPS) is 14.6. The van der Waals surface area contributed by atoms with Crippen LogP contribution < -0.4 is 15.6 Å². The molecule has 200 valence electrons. The number of carbonyl (C=O) groups excluding carboxylic acids is 1. The number of unbranched alkanes of at least 4 members (excludes halogenated alkanes) is 5. The maximum atomic E-state index is 13.6. The van der Waals surface area contributed by atoms with Gasteiger partial charge >= 0.3 is 0 Å². The highest BCUT2D eigenvalue weighted by molar-refractivity contribution is 8.26. The number of nitrogens with one attached hydrogen (secondary N) is 1. The van der Waals surface area contributed by atoms with E-state index in [1.807, 2.05) is 43.3 Å². The summed E-state index contributed by atoms with van der Waals surface area (Å²) in [4.78, 5) is 33.7. The molecule has 38 heavy (non-hydrogen) atoms. The Bertz CT molecular complexity index is 1400. The van der Waals surface area contributed by atoms with E-state index in [0.29, 0.717) is 39.3 Å². The molecule has 9 heteroatoms. The van der Waals surface area contributed by atoms with Gasteiger partial charge in [-0.15, -0.1) is 0 Å². The summed E-state index contributed by atoms with van der Waals surface area (Å²) in [5, 5.41) is 3.38. The number of nitrogens with zero attached hydrogens (tertiary/aromatic N) is 3. The summed E-state index contributed by atoms with van der Waals surface area (Å²) < 4.78 is 7.22. The molecule has 4 rings (SSSR count). The lowest BCUT2D eigenvalue weighted by Crippen LogP contribution is -2.27. The first-order chi connectivity index (χ1) is 18.4. The molecule has 3 aromatic rings. The average molecular weight is 551 g/mol. The maximum absolute atomic E-state index is 13.6. The third kappa shape index (κ3) is 6.45. The number of thioether (sulfide) groups is 1. The fourth-order valence-electron chi connectivity index (χ4n) is 4.37. The lowest BCUT2D eigenvalue weighted by atomic mass is 10.1. The van der Waals surface area contributed by atoms with Crippen molar-refractivity contribution in [2.75, 3.05) is 19.0 Å². The van der Waals surface area contributed by atoms with Gasteiger partial charge in [0.15, 0.2) is 0 Å². The van der Waals surface area contributed by atoms with Crippen LogP contribution >= 0.6 is 24.0 Å². The van der Waals surface area contributed by atoms with Crippen LogP contribution in [0, 0.1) is 6.92 Å². The second-order valence-electron chi connectivity index (χ2n) is 9.37. The molecule has 3 heterocycles. The van der Waals surface area contributed by atoms with Crippen molar-refractivity contribution in [1.29, 1.82) is 0 Å². The summed E-state index contributed by atoms with van der Waals surface area (Å²) in [6.07, 6.45) is 10.4. The topological polar surface area (TPSA) is 75.9 Å². The zero-order valence-electron chi connectivity index (χ0n) is 22.2. The molecule has 1 aliphatic heterocycles. The average Bonchev–Trinajstić information content (AvgIpc) is 3.18. The van der Waals surface area contributed by atoms with Crippen LogP contribution in [-0.2, 0) is 11.3 Å². The molecule has 1 aliphatic rings. The molecule has 1 N–H and O–H groups in total. The summed E-state index contributed by atoms with van der Waals surface area (Å²) >= 11 is 6.75. The third-order valence-electron chi connectivity index (χ3n) is 6.56. The van der Waals surface area contributed by atoms with Crippen molar-refractivity contribution in [3.8, 4) is 5.75 Å². The van der Waals surface area contributed by atoms with E-state index in [9.17, 15) is 9.59 Å². The summed E-state index contributed by atoms with van der Waals surface area (Å²) in [6.45, 7) is 5.20. The van der Waals surface area contributed by atoms with Crippen LogP contribution in [0.2, 0.25) is 0 Å². The number of fused-ring (bicyclic) bond motifs is 1. The monoisotopic (exact) mass is 550 g/mol. The molecule has 0 atom stereocenters. The molecular weight excluding hydrogens is 516 g/mol. The van der Waals surface area contributed by atoms with E-state index in [1.54, 1.807) is 24.3 Å². The van der Waals surface area contributed by atoms with Crippen LogP contribution in [0.25, 0.3) is 11.7 Å². The largest absolute Gasteiger partial charge is 0.497 e. The SMILES string of the molecule is CCCCCCCCNc1nc2c(C)cccn2c(=O)c1C=C1SC(=S)N(Cc2ccc(OC)cc2)C1=O. The summed E-state index contributed by atoms with van der Waals surface area (Å²) in [5.41, 5.74) is 2.60. The predicted octanol–water partition coefficient (Wildman–Crippen LogP) is 6.19. The Hall–Kier alpha value is -3.17. The van der Waals surface area contributed by atoms with Crippen LogP contribution in [0.5, 0.6) is 5.75 Å². The molecule has 0 spiro atoms. The number of amides is 1. The number of ether oxygens (including phenoxy) is 1. The fourth-order valence-corrected chi connectivity index (χ4v) is 5.61. The first kappa shape index (κ1) is 27.9. The van der Waals surface area contributed by atoms with Crippen LogP contribution in [0.15, 0.2) is 52.3 Å². The van der Waals surface area contributed by atoms with Gasteiger partial charge in [-0.3, -0.25) is 18.9 Å². The molecule has 0 saturated carbocycles. The minimum atomic E-state index is -0.218. The minimum Gasteiger partial charge on any atom is -0.497 e. The number of rotatable bonds is 12. The molecule has 0 radical (unpaired) electrons. The zero-order valence-corrected chi connectivity index (χ0v) is 23.8. The minimum absolute atomic E-state index is 0.216. The Morgan fingerprint density at radius 1 is 1.08 bits per heavy atom. The van der Waals surface area contributed by atoms with Gasteiger partial charge in [0.05, 0.1) is 24.1 Å². The van der Waals surface area contributed by atoms with Crippen LogP contribution in [0.1, 0.15) is 62.1 Å². The van der Waals surface area contributed by atoms with Gasteiger partial charge in [-0.05, 0) is 48.7 Å². The number of thiocarbonyl (C=S) groups is 1. The fraction of sp³-hybridized carbons (Fsp3) is 0.379. The van der Waals surface area contributed by atoms with Crippen molar-refractivity contribution in [1.82, 2.24) is 14.3 Å². The predicted molar refractivity (Wildman–Crippen MR) is 160 cm³/mol. The van der Waals surface area contributed by atoms with Crippen molar-refractivity contribution >= 4 is 51.7 Å². The standard InChI is InChI=1S/C29H34N4O3S2/c1-4-5-6-7-8-9-16-30-25-23(27(34)32-17-10-11-20(2)26(32)31-25)18-24-28(35)33(29(37)38-24)19-21-12-14-22(36-3)15-13-21/h10-15,17-18,30H,4-9,16,19H2,1-3H3. The molecule has 1 aromatic carbocycles. The second kappa shape index (κ2) is 13.1. The van der Waals surface area contributed by atoms with Gasteiger partial charge in [0.1, 0.15) is 21.5 Å². The highest BCUT2D eigenvalue weighted by Crippen LogP contribution is 2.34. The molecule has 1 fully saturated rings. The summed E-state index contributed by atoms with van der Waals surface area (Å²) in [7, 11) is 1.62. The molecule has 1 saturated heterocycles. The molecule has 0 aliphatic carbocycles. The smallest absolute Gasteiger partial charge is 0.267 e. The number of aryl methyl sites for hydroxylation is 1. The number of anilines is 1. The van der Waals surface area contributed by atoms with Crippen LogP contribution in [0.3, 0.4) is 0 Å². The molecule has 0 unspecified atom stereocenters. The molecule has 1 amide bonds. The Balaban J connectivity index is 1.59. The van der Waals surface area contributed by atoms with Crippen LogP contribution in [0.4, 0.5) is 5.82 Å². The van der Waals surface area contributed by atoms with Crippen molar-refractivity contribution in [2.45, 2.75) is 58.9 Å². The summed E-state index contributed by atoms with van der Waals surface area (Å²) in [6, 6.07) is 11.3. The number of methoxy groups -OCH3 is 1. The van der Waals surface area contributed by atoms with Crippen LogP contribution in [-0.4, -0.2) is 38.2 Å². The van der Waals surface area contributed by atoms with Gasteiger partial charge in [-0.2, -0.15) is 0 Å². The number of hydrogen-bond donors (Lipinski definition) is 1. The van der Waals surface area contributed by atoms with Crippen molar-refractivity contribution < 1.29 is 9.53 Å². The van der Waals surface area contributed by atoms with E-state index in [4.69, 9.17) is 21.9 Å². The quantitative estimate of drug-likeness (QED) is 0.164. The highest BCUT2D eigenvalue weighted by atomic mass is 32.2. The zero-order chi connectivity index (χ0) is 27.1. The number of carbonyl (C=O) groups is 1. The second-order valence-corrected chi connectivity index (χ2v) is 11.1. The number of benzene rings is 1. The van der Waals surface area contributed by atoms with Gasteiger partial charge in [-0.25, -0.2) is 4.98 Å². The molecule has 7 nitrogen and oxygen atoms in total. The van der Waals surface area contributed by atoms with E-state index >= 15 is 0 Å². The Morgan fingerprint density at radius 3 is 2.55 bits per heavy atom. The van der Waals surface area contributed by atoms with E-state index in [1.165, 1.54) is 41.8 Å². The van der Waals surface area contributed by atoms with Crippen molar-refractivity contribution in [2.24, 2.45) is 0 Å². The van der Waals surface area contributed by atoms with E-state index < -0.39 is 0 Å². The molecule has 2 aromatic heterocycles. The third-order valence-corrected chi connectivity index (χ3v) is 7.93. The van der Waals surface area contributed by atoms with E-state index in [2.05, 4.69) is 12.2 Å². The van der Waals surface area contributed by atoms with E-state index in [-0.39, 0.29) is 11.5 Å². The lowest BCUT2D eigenvalue weighted by molar-refractivity contribution is -0.122. The molecular formula is C29H34N4O3S2. The van der Waals surface area contributed by atoms with Crippen molar-refractivity contribution in [3.05, 3.63) is 74.5 Å².